The molecule has 0 aliphatic carbocycles. The molecule has 3 rings (SSSR count). The van der Waals surface area contributed by atoms with Crippen LogP contribution in [-0.2, 0) is 7.05 Å². The molecule has 3 aromatic rings. The molecule has 0 unspecified atom stereocenters. The zero-order valence-electron chi connectivity index (χ0n) is 12.5. The minimum atomic E-state index is -0.561. The summed E-state index contributed by atoms with van der Waals surface area (Å²) < 4.78 is 15.5. The maximum absolute atomic E-state index is 14.1. The van der Waals surface area contributed by atoms with Crippen LogP contribution in [0.2, 0.25) is 5.02 Å². The number of hydrogen-bond acceptors (Lipinski definition) is 4. The van der Waals surface area contributed by atoms with Crippen molar-refractivity contribution in [3.63, 3.8) is 0 Å². The Labute approximate surface area is 136 Å². The van der Waals surface area contributed by atoms with Crippen LogP contribution in [0.25, 0.3) is 10.9 Å². The first kappa shape index (κ1) is 15.3. The van der Waals surface area contributed by atoms with Crippen LogP contribution in [0.5, 0.6) is 0 Å². The lowest BCUT2D eigenvalue weighted by molar-refractivity contribution is 0.632. The molecule has 0 aliphatic heterocycles. The highest BCUT2D eigenvalue weighted by Crippen LogP contribution is 2.32. The number of aryl methyl sites for hydroxylation is 2. The Balaban J connectivity index is 2.17. The van der Waals surface area contributed by atoms with Gasteiger partial charge in [0.1, 0.15) is 5.82 Å². The molecule has 0 aliphatic rings. The number of benzene rings is 2. The van der Waals surface area contributed by atoms with E-state index >= 15 is 0 Å². The van der Waals surface area contributed by atoms with Gasteiger partial charge in [0.15, 0.2) is 0 Å². The van der Waals surface area contributed by atoms with E-state index in [2.05, 4.69) is 10.3 Å². The van der Waals surface area contributed by atoms with Crippen LogP contribution in [0.4, 0.5) is 21.5 Å². The van der Waals surface area contributed by atoms with Gasteiger partial charge in [-0.25, -0.2) is 9.37 Å². The summed E-state index contributed by atoms with van der Waals surface area (Å²) in [6, 6.07) is 6.08. The molecule has 5 nitrogen and oxygen atoms in total. The Hall–Kier alpha value is -2.60. The van der Waals surface area contributed by atoms with Gasteiger partial charge in [-0.2, -0.15) is 0 Å². The first-order valence-corrected chi connectivity index (χ1v) is 7.22. The number of halogens is 2. The molecule has 23 heavy (non-hydrogen) atoms. The SMILES string of the molecule is Cc1c(Nc2c(F)cc(N)cc2Cl)ccc2ncn(C)c(=O)c12. The Kier molecular flexibility index (Phi) is 3.69. The summed E-state index contributed by atoms with van der Waals surface area (Å²) >= 11 is 6.05. The molecular formula is C16H14ClFN4O. The summed E-state index contributed by atoms with van der Waals surface area (Å²) in [5.41, 5.74) is 7.58. The molecule has 0 saturated heterocycles. The van der Waals surface area contributed by atoms with Crippen LogP contribution in [0, 0.1) is 12.7 Å². The van der Waals surface area contributed by atoms with Crippen molar-refractivity contribution < 1.29 is 4.39 Å². The molecule has 0 atom stereocenters. The van der Waals surface area contributed by atoms with Crippen molar-refractivity contribution >= 4 is 39.6 Å². The summed E-state index contributed by atoms with van der Waals surface area (Å²) in [7, 11) is 1.63. The number of nitrogens with zero attached hydrogens (tertiary/aromatic N) is 2. The molecule has 0 saturated carbocycles. The molecule has 3 N–H and O–H groups in total. The first-order valence-electron chi connectivity index (χ1n) is 6.85. The second-order valence-electron chi connectivity index (χ2n) is 5.28. The maximum atomic E-state index is 14.1. The smallest absolute Gasteiger partial charge is 0.261 e. The normalized spacial score (nSPS) is 11.0. The van der Waals surface area contributed by atoms with Gasteiger partial charge in [0, 0.05) is 18.4 Å². The van der Waals surface area contributed by atoms with Gasteiger partial charge < -0.3 is 15.6 Å². The fraction of sp³-hybridized carbons (Fsp3) is 0.125. The van der Waals surface area contributed by atoms with Crippen LogP contribution >= 0.6 is 11.6 Å². The molecule has 1 heterocycles. The van der Waals surface area contributed by atoms with Gasteiger partial charge in [-0.1, -0.05) is 11.6 Å². The zero-order chi connectivity index (χ0) is 16.7. The van der Waals surface area contributed by atoms with E-state index in [0.29, 0.717) is 22.2 Å². The second-order valence-corrected chi connectivity index (χ2v) is 5.68. The van der Waals surface area contributed by atoms with Crippen molar-refractivity contribution in [3.05, 3.63) is 57.3 Å². The Morgan fingerprint density at radius 1 is 1.35 bits per heavy atom. The Morgan fingerprint density at radius 3 is 2.78 bits per heavy atom. The number of hydrogen-bond donors (Lipinski definition) is 2. The van der Waals surface area contributed by atoms with E-state index in [1.54, 1.807) is 26.1 Å². The number of aromatic nitrogens is 2. The second kappa shape index (κ2) is 5.55. The van der Waals surface area contributed by atoms with Gasteiger partial charge in [-0.3, -0.25) is 4.79 Å². The third kappa shape index (κ3) is 2.61. The molecule has 0 amide bonds. The Morgan fingerprint density at radius 2 is 2.09 bits per heavy atom. The molecule has 2 aromatic carbocycles. The lowest BCUT2D eigenvalue weighted by Crippen LogP contribution is -2.18. The lowest BCUT2D eigenvalue weighted by Gasteiger charge is -2.14. The summed E-state index contributed by atoms with van der Waals surface area (Å²) in [4.78, 5) is 16.5. The number of nitrogen functional groups attached to an aromatic ring is 1. The number of anilines is 3. The summed E-state index contributed by atoms with van der Waals surface area (Å²) in [6.07, 6.45) is 1.47. The predicted molar refractivity (Wildman–Crippen MR) is 90.8 cm³/mol. The molecular weight excluding hydrogens is 319 g/mol. The highest BCUT2D eigenvalue weighted by Gasteiger charge is 2.13. The summed E-state index contributed by atoms with van der Waals surface area (Å²) in [6.45, 7) is 1.77. The molecule has 0 radical (unpaired) electrons. The van der Waals surface area contributed by atoms with Crippen molar-refractivity contribution in [1.29, 1.82) is 0 Å². The largest absolute Gasteiger partial charge is 0.399 e. The van der Waals surface area contributed by atoms with Gasteiger partial charge in [-0.05, 0) is 36.8 Å². The van der Waals surface area contributed by atoms with Gasteiger partial charge >= 0.3 is 0 Å². The summed E-state index contributed by atoms with van der Waals surface area (Å²) in [5.74, 6) is -0.561. The fourth-order valence-electron chi connectivity index (χ4n) is 2.43. The van der Waals surface area contributed by atoms with E-state index in [-0.39, 0.29) is 22.0 Å². The molecule has 0 spiro atoms. The van der Waals surface area contributed by atoms with Crippen molar-refractivity contribution in [3.8, 4) is 0 Å². The van der Waals surface area contributed by atoms with Crippen LogP contribution in [0.15, 0.2) is 35.4 Å². The number of fused-ring (bicyclic) bond motifs is 1. The molecule has 118 valence electrons. The third-order valence-corrected chi connectivity index (χ3v) is 3.97. The monoisotopic (exact) mass is 332 g/mol. The average molecular weight is 333 g/mol. The first-order chi connectivity index (χ1) is 10.9. The number of rotatable bonds is 2. The molecule has 0 fully saturated rings. The van der Waals surface area contributed by atoms with Crippen molar-refractivity contribution in [2.45, 2.75) is 6.92 Å². The molecule has 1 aromatic heterocycles. The number of nitrogens with one attached hydrogen (secondary N) is 1. The van der Waals surface area contributed by atoms with Crippen LogP contribution in [0.1, 0.15) is 5.56 Å². The highest BCUT2D eigenvalue weighted by molar-refractivity contribution is 6.33. The topological polar surface area (TPSA) is 72.9 Å². The van der Waals surface area contributed by atoms with E-state index in [0.717, 1.165) is 0 Å². The van der Waals surface area contributed by atoms with E-state index in [9.17, 15) is 9.18 Å². The van der Waals surface area contributed by atoms with Gasteiger partial charge in [0.25, 0.3) is 5.56 Å². The minimum absolute atomic E-state index is 0.115. The van der Waals surface area contributed by atoms with E-state index in [1.807, 2.05) is 0 Å². The van der Waals surface area contributed by atoms with Crippen molar-refractivity contribution in [2.24, 2.45) is 7.05 Å². The highest BCUT2D eigenvalue weighted by atomic mass is 35.5. The van der Waals surface area contributed by atoms with Gasteiger partial charge in [0.2, 0.25) is 0 Å². The van der Waals surface area contributed by atoms with Crippen molar-refractivity contribution in [1.82, 2.24) is 9.55 Å². The van der Waals surface area contributed by atoms with Crippen LogP contribution in [0.3, 0.4) is 0 Å². The van der Waals surface area contributed by atoms with Crippen LogP contribution < -0.4 is 16.6 Å². The maximum Gasteiger partial charge on any atom is 0.261 e. The fourth-order valence-corrected chi connectivity index (χ4v) is 2.70. The lowest BCUT2D eigenvalue weighted by atomic mass is 10.1. The Bertz CT molecular complexity index is 961. The third-order valence-electron chi connectivity index (χ3n) is 3.67. The quantitative estimate of drug-likeness (QED) is 0.706. The van der Waals surface area contributed by atoms with Crippen LogP contribution in [-0.4, -0.2) is 9.55 Å². The van der Waals surface area contributed by atoms with Gasteiger partial charge in [-0.15, -0.1) is 0 Å². The average Bonchev–Trinajstić information content (AvgIpc) is 2.48. The number of nitrogens with two attached hydrogens (primary N) is 1. The zero-order valence-corrected chi connectivity index (χ0v) is 13.3. The van der Waals surface area contributed by atoms with Gasteiger partial charge in [0.05, 0.1) is 27.9 Å². The predicted octanol–water partition coefficient (Wildman–Crippen LogP) is 3.36. The molecule has 7 heteroatoms. The van der Waals surface area contributed by atoms with E-state index in [1.165, 1.54) is 23.0 Å². The molecule has 0 bridgehead atoms. The van der Waals surface area contributed by atoms with E-state index < -0.39 is 5.82 Å². The van der Waals surface area contributed by atoms with Crippen molar-refractivity contribution in [2.75, 3.05) is 11.1 Å². The van der Waals surface area contributed by atoms with E-state index in [4.69, 9.17) is 17.3 Å². The minimum Gasteiger partial charge on any atom is -0.399 e. The standard InChI is InChI=1S/C16H14ClFN4O/c1-8-12(21-15-10(17)5-9(19)6-11(15)18)3-4-13-14(8)16(23)22(2)7-20-13/h3-7,21H,19H2,1-2H3. The summed E-state index contributed by atoms with van der Waals surface area (Å²) in [5, 5.41) is 3.58.